The van der Waals surface area contributed by atoms with Crippen molar-refractivity contribution in [2.24, 2.45) is 0 Å². The highest BCUT2D eigenvalue weighted by molar-refractivity contribution is 5.85. The molecule has 0 saturated carbocycles. The van der Waals surface area contributed by atoms with Gasteiger partial charge in [0.05, 0.1) is 6.54 Å². The van der Waals surface area contributed by atoms with E-state index in [-0.39, 0.29) is 5.69 Å². The number of aromatic carboxylic acids is 1. The zero-order chi connectivity index (χ0) is 14.7. The third-order valence-electron chi connectivity index (χ3n) is 3.58. The van der Waals surface area contributed by atoms with Crippen molar-refractivity contribution >= 4 is 11.8 Å². The fraction of sp³-hybridized carbons (Fsp3) is 0.429. The summed E-state index contributed by atoms with van der Waals surface area (Å²) < 4.78 is 2.15. The number of aryl methyl sites for hydroxylation is 1. The van der Waals surface area contributed by atoms with Gasteiger partial charge in [-0.15, -0.1) is 10.2 Å². The molecule has 2 N–H and O–H groups in total. The van der Waals surface area contributed by atoms with E-state index < -0.39 is 5.97 Å². The Hall–Kier alpha value is -2.44. The molecule has 7 nitrogen and oxygen atoms in total. The van der Waals surface area contributed by atoms with Crippen LogP contribution in [0.25, 0.3) is 0 Å². The molecule has 7 heteroatoms. The maximum absolute atomic E-state index is 10.9. The molecule has 0 aliphatic carbocycles. The van der Waals surface area contributed by atoms with E-state index >= 15 is 0 Å². The molecule has 21 heavy (non-hydrogen) atoms. The summed E-state index contributed by atoms with van der Waals surface area (Å²) in [7, 11) is 0. The SMILES string of the molecule is O=C(O)c1cccc(NCc2nnc3n2CCCCC3)n1. The lowest BCUT2D eigenvalue weighted by atomic mass is 10.2. The van der Waals surface area contributed by atoms with Crippen LogP contribution in [0.4, 0.5) is 5.82 Å². The molecule has 110 valence electrons. The minimum Gasteiger partial charge on any atom is -0.477 e. The Morgan fingerprint density at radius 2 is 2.19 bits per heavy atom. The van der Waals surface area contributed by atoms with E-state index in [2.05, 4.69) is 25.1 Å². The predicted molar refractivity (Wildman–Crippen MR) is 76.1 cm³/mol. The number of aromatic nitrogens is 4. The third-order valence-corrected chi connectivity index (χ3v) is 3.58. The van der Waals surface area contributed by atoms with Crippen molar-refractivity contribution in [3.8, 4) is 0 Å². The highest BCUT2D eigenvalue weighted by Crippen LogP contribution is 2.15. The van der Waals surface area contributed by atoms with Crippen LogP contribution in [-0.4, -0.2) is 30.8 Å². The van der Waals surface area contributed by atoms with Crippen molar-refractivity contribution in [3.05, 3.63) is 35.5 Å². The Bertz CT molecular complexity index is 653. The molecule has 0 amide bonds. The molecule has 0 radical (unpaired) electrons. The molecule has 1 aliphatic heterocycles. The second-order valence-electron chi connectivity index (χ2n) is 5.06. The van der Waals surface area contributed by atoms with Gasteiger partial charge in [-0.1, -0.05) is 12.5 Å². The van der Waals surface area contributed by atoms with Gasteiger partial charge in [-0.25, -0.2) is 9.78 Å². The number of rotatable bonds is 4. The van der Waals surface area contributed by atoms with Gasteiger partial charge < -0.3 is 15.0 Å². The van der Waals surface area contributed by atoms with Crippen molar-refractivity contribution in [1.29, 1.82) is 0 Å². The van der Waals surface area contributed by atoms with Gasteiger partial charge in [-0.05, 0) is 25.0 Å². The van der Waals surface area contributed by atoms with Crippen LogP contribution >= 0.6 is 0 Å². The Morgan fingerprint density at radius 3 is 3.05 bits per heavy atom. The minimum atomic E-state index is -1.03. The number of anilines is 1. The predicted octanol–water partition coefficient (Wildman–Crippen LogP) is 1.71. The molecule has 0 unspecified atom stereocenters. The second kappa shape index (κ2) is 5.90. The van der Waals surface area contributed by atoms with Crippen LogP contribution in [0.2, 0.25) is 0 Å². The number of nitrogens with one attached hydrogen (secondary N) is 1. The van der Waals surface area contributed by atoms with E-state index in [1.54, 1.807) is 12.1 Å². The molecule has 2 aromatic rings. The van der Waals surface area contributed by atoms with Crippen LogP contribution < -0.4 is 5.32 Å². The number of pyridine rings is 1. The molecule has 0 bridgehead atoms. The normalized spacial score (nSPS) is 14.3. The van der Waals surface area contributed by atoms with Gasteiger partial charge in [0, 0.05) is 13.0 Å². The average molecular weight is 287 g/mol. The minimum absolute atomic E-state index is 0.0278. The zero-order valence-corrected chi connectivity index (χ0v) is 11.6. The summed E-state index contributed by atoms with van der Waals surface area (Å²) in [5, 5.41) is 20.5. The number of nitrogens with zero attached hydrogens (tertiary/aromatic N) is 4. The van der Waals surface area contributed by atoms with E-state index in [4.69, 9.17) is 5.11 Å². The van der Waals surface area contributed by atoms with Gasteiger partial charge in [0.25, 0.3) is 0 Å². The fourth-order valence-electron chi connectivity index (χ4n) is 2.50. The van der Waals surface area contributed by atoms with Crippen LogP contribution in [-0.2, 0) is 19.5 Å². The maximum Gasteiger partial charge on any atom is 0.354 e. The summed E-state index contributed by atoms with van der Waals surface area (Å²) in [6.45, 7) is 1.44. The van der Waals surface area contributed by atoms with Crippen molar-refractivity contribution in [1.82, 2.24) is 19.7 Å². The lowest BCUT2D eigenvalue weighted by Gasteiger charge is -2.08. The van der Waals surface area contributed by atoms with Crippen molar-refractivity contribution in [2.75, 3.05) is 5.32 Å². The second-order valence-corrected chi connectivity index (χ2v) is 5.06. The lowest BCUT2D eigenvalue weighted by molar-refractivity contribution is 0.0690. The van der Waals surface area contributed by atoms with Crippen LogP contribution in [0.3, 0.4) is 0 Å². The lowest BCUT2D eigenvalue weighted by Crippen LogP contribution is -2.11. The summed E-state index contributed by atoms with van der Waals surface area (Å²) in [6.07, 6.45) is 4.50. The quantitative estimate of drug-likeness (QED) is 0.889. The fourth-order valence-corrected chi connectivity index (χ4v) is 2.50. The number of carboxylic acids is 1. The van der Waals surface area contributed by atoms with Crippen molar-refractivity contribution < 1.29 is 9.90 Å². The van der Waals surface area contributed by atoms with E-state index in [0.717, 1.165) is 37.5 Å². The molecule has 0 fully saturated rings. The van der Waals surface area contributed by atoms with Crippen LogP contribution in [0.1, 0.15) is 41.4 Å². The summed E-state index contributed by atoms with van der Waals surface area (Å²) in [5.41, 5.74) is 0.0278. The highest BCUT2D eigenvalue weighted by Gasteiger charge is 2.14. The molecule has 3 rings (SSSR count). The molecule has 0 spiro atoms. The molecule has 0 aromatic carbocycles. The molecule has 0 atom stereocenters. The number of carbonyl (C=O) groups is 1. The van der Waals surface area contributed by atoms with E-state index in [0.29, 0.717) is 12.4 Å². The third kappa shape index (κ3) is 3.01. The van der Waals surface area contributed by atoms with Gasteiger partial charge in [0.2, 0.25) is 0 Å². The molecule has 1 aliphatic rings. The first-order valence-electron chi connectivity index (χ1n) is 7.09. The Labute approximate surface area is 122 Å². The molecule has 0 saturated heterocycles. The van der Waals surface area contributed by atoms with E-state index in [9.17, 15) is 4.79 Å². The Morgan fingerprint density at radius 1 is 1.29 bits per heavy atom. The van der Waals surface area contributed by atoms with Crippen LogP contribution in [0, 0.1) is 0 Å². The zero-order valence-electron chi connectivity index (χ0n) is 11.6. The standard InChI is InChI=1S/C14H17N5O2/c20-14(21)10-5-4-6-11(16-10)15-9-13-18-17-12-7-2-1-3-8-19(12)13/h4-6H,1-3,7-9H2,(H,15,16)(H,20,21). The summed E-state index contributed by atoms with van der Waals surface area (Å²) >= 11 is 0. The van der Waals surface area contributed by atoms with Gasteiger partial charge in [0.15, 0.2) is 11.5 Å². The molecular weight excluding hydrogens is 270 g/mol. The smallest absolute Gasteiger partial charge is 0.354 e. The Balaban J connectivity index is 1.72. The van der Waals surface area contributed by atoms with Crippen LogP contribution in [0.15, 0.2) is 18.2 Å². The Kier molecular flexibility index (Phi) is 3.81. The van der Waals surface area contributed by atoms with Crippen LogP contribution in [0.5, 0.6) is 0 Å². The largest absolute Gasteiger partial charge is 0.477 e. The van der Waals surface area contributed by atoms with Gasteiger partial charge in [-0.2, -0.15) is 0 Å². The topological polar surface area (TPSA) is 92.9 Å². The summed E-state index contributed by atoms with van der Waals surface area (Å²) in [4.78, 5) is 14.9. The van der Waals surface area contributed by atoms with E-state index in [1.165, 1.54) is 12.5 Å². The first-order valence-corrected chi connectivity index (χ1v) is 7.09. The van der Waals surface area contributed by atoms with Crippen molar-refractivity contribution in [3.63, 3.8) is 0 Å². The molecular formula is C14H17N5O2. The maximum atomic E-state index is 10.9. The number of carboxylic acid groups (broad SMARTS) is 1. The molecule has 2 aromatic heterocycles. The summed E-state index contributed by atoms with van der Waals surface area (Å²) in [6, 6.07) is 4.88. The number of fused-ring (bicyclic) bond motifs is 1. The number of hydrogen-bond donors (Lipinski definition) is 2. The van der Waals surface area contributed by atoms with Crippen molar-refractivity contribution in [2.45, 2.75) is 38.8 Å². The number of hydrogen-bond acceptors (Lipinski definition) is 5. The van der Waals surface area contributed by atoms with Gasteiger partial charge >= 0.3 is 5.97 Å². The van der Waals surface area contributed by atoms with Gasteiger partial charge in [-0.3, -0.25) is 0 Å². The average Bonchev–Trinajstić information content (AvgIpc) is 2.72. The highest BCUT2D eigenvalue weighted by atomic mass is 16.4. The van der Waals surface area contributed by atoms with E-state index in [1.807, 2.05) is 0 Å². The monoisotopic (exact) mass is 287 g/mol. The summed E-state index contributed by atoms with van der Waals surface area (Å²) in [5.74, 6) is 1.40. The first kappa shape index (κ1) is 13.5. The first-order chi connectivity index (χ1) is 10.2. The molecule has 3 heterocycles. The van der Waals surface area contributed by atoms with Gasteiger partial charge in [0.1, 0.15) is 11.6 Å².